The fourth-order valence-electron chi connectivity index (χ4n) is 2.46. The molecule has 3 rings (SSSR count). The van der Waals surface area contributed by atoms with Crippen LogP contribution in [0, 0.1) is 6.92 Å². The zero-order chi connectivity index (χ0) is 18.7. The molecule has 8 nitrogen and oxygen atoms in total. The number of hydrogen-bond donors (Lipinski definition) is 3. The number of carbonyl (C=O) groups is 1. The molecule has 4 N–H and O–H groups in total. The summed E-state index contributed by atoms with van der Waals surface area (Å²) in [4.78, 5) is 30.6. The van der Waals surface area contributed by atoms with Crippen LogP contribution in [0.4, 0.5) is 0 Å². The van der Waals surface area contributed by atoms with Gasteiger partial charge in [-0.05, 0) is 25.1 Å². The molecule has 0 aliphatic heterocycles. The van der Waals surface area contributed by atoms with E-state index in [1.54, 1.807) is 16.8 Å². The van der Waals surface area contributed by atoms with Crippen molar-refractivity contribution in [2.75, 3.05) is 0 Å². The average molecular weight is 373 g/mol. The van der Waals surface area contributed by atoms with Crippen LogP contribution in [-0.2, 0) is 13.1 Å². The Morgan fingerprint density at radius 2 is 2.12 bits per heavy atom. The molecule has 0 radical (unpaired) electrons. The second kappa shape index (κ2) is 7.51. The van der Waals surface area contributed by atoms with Crippen molar-refractivity contribution in [2.45, 2.75) is 20.0 Å². The molecule has 0 bridgehead atoms. The zero-order valence-electron chi connectivity index (χ0n) is 14.0. The molecule has 1 amide bonds. The largest absolute Gasteiger partial charge is 0.343 e. The van der Waals surface area contributed by atoms with Crippen molar-refractivity contribution in [1.29, 1.82) is 0 Å². The summed E-state index contributed by atoms with van der Waals surface area (Å²) in [6.45, 7) is 2.03. The van der Waals surface area contributed by atoms with Crippen molar-refractivity contribution < 1.29 is 4.79 Å². The molecular weight excluding hydrogens is 356 g/mol. The van der Waals surface area contributed by atoms with Gasteiger partial charge in [0.2, 0.25) is 0 Å². The Kier molecular flexibility index (Phi) is 5.15. The van der Waals surface area contributed by atoms with Gasteiger partial charge in [-0.1, -0.05) is 23.7 Å². The number of aromatic nitrogens is 4. The maximum atomic E-state index is 12.4. The Hall–Kier alpha value is -2.97. The Morgan fingerprint density at radius 1 is 1.35 bits per heavy atom. The molecule has 0 saturated carbocycles. The molecule has 0 unspecified atom stereocenters. The van der Waals surface area contributed by atoms with Crippen molar-refractivity contribution in [1.82, 2.24) is 25.1 Å². The standard InChI is InChI=1S/C17H17ClN6O2/c1-10-6-13(23-24(10)14-5-3-2-4-12(14)18)17(26)20-9-15-21-11(8-19)7-16(25)22-15/h2-7H,8-9,19H2,1H3,(H,20,26)(H,21,22,25). The summed E-state index contributed by atoms with van der Waals surface area (Å²) in [5.41, 5.74) is 7.32. The number of nitrogens with two attached hydrogens (primary N) is 1. The first kappa shape index (κ1) is 17.8. The molecule has 2 heterocycles. The van der Waals surface area contributed by atoms with Crippen molar-refractivity contribution >= 4 is 17.5 Å². The molecule has 0 atom stereocenters. The van der Waals surface area contributed by atoms with E-state index in [0.29, 0.717) is 22.2 Å². The first-order chi connectivity index (χ1) is 12.5. The second-order valence-electron chi connectivity index (χ2n) is 5.60. The number of para-hydroxylation sites is 1. The third-order valence-corrected chi connectivity index (χ3v) is 3.99. The predicted octanol–water partition coefficient (Wildman–Crippen LogP) is 1.31. The van der Waals surface area contributed by atoms with Gasteiger partial charge in [0, 0.05) is 18.3 Å². The van der Waals surface area contributed by atoms with E-state index in [1.165, 1.54) is 6.07 Å². The smallest absolute Gasteiger partial charge is 0.272 e. The predicted molar refractivity (Wildman–Crippen MR) is 97.2 cm³/mol. The van der Waals surface area contributed by atoms with Gasteiger partial charge in [0.05, 0.1) is 22.9 Å². The number of benzene rings is 1. The lowest BCUT2D eigenvalue weighted by molar-refractivity contribution is 0.0944. The SMILES string of the molecule is Cc1cc(C(=O)NCc2nc(CN)cc(=O)[nH]2)nn1-c1ccccc1Cl. The molecule has 0 fully saturated rings. The minimum absolute atomic E-state index is 0.0555. The number of H-pyrrole nitrogens is 1. The van der Waals surface area contributed by atoms with E-state index in [1.807, 2.05) is 25.1 Å². The minimum atomic E-state index is -0.389. The maximum absolute atomic E-state index is 12.4. The van der Waals surface area contributed by atoms with Gasteiger partial charge in [0.15, 0.2) is 5.69 Å². The molecule has 0 saturated heterocycles. The number of halogens is 1. The van der Waals surface area contributed by atoms with Crippen LogP contribution in [-0.4, -0.2) is 25.7 Å². The van der Waals surface area contributed by atoms with Crippen LogP contribution in [0.15, 0.2) is 41.2 Å². The van der Waals surface area contributed by atoms with Gasteiger partial charge < -0.3 is 16.0 Å². The maximum Gasteiger partial charge on any atom is 0.272 e. The molecule has 2 aromatic heterocycles. The summed E-state index contributed by atoms with van der Waals surface area (Å²) in [6.07, 6.45) is 0. The van der Waals surface area contributed by atoms with E-state index < -0.39 is 0 Å². The van der Waals surface area contributed by atoms with E-state index in [2.05, 4.69) is 20.4 Å². The summed E-state index contributed by atoms with van der Waals surface area (Å²) in [5, 5.41) is 7.52. The highest BCUT2D eigenvalue weighted by Gasteiger charge is 2.15. The van der Waals surface area contributed by atoms with Gasteiger partial charge in [-0.2, -0.15) is 5.10 Å². The van der Waals surface area contributed by atoms with E-state index in [0.717, 1.165) is 5.69 Å². The normalized spacial score (nSPS) is 10.7. The van der Waals surface area contributed by atoms with Crippen LogP contribution in [0.3, 0.4) is 0 Å². The van der Waals surface area contributed by atoms with E-state index >= 15 is 0 Å². The molecule has 26 heavy (non-hydrogen) atoms. The zero-order valence-corrected chi connectivity index (χ0v) is 14.7. The van der Waals surface area contributed by atoms with Crippen molar-refractivity contribution in [3.63, 3.8) is 0 Å². The number of aryl methyl sites for hydroxylation is 1. The Bertz CT molecular complexity index is 1010. The summed E-state index contributed by atoms with van der Waals surface area (Å²) < 4.78 is 1.60. The quantitative estimate of drug-likeness (QED) is 0.623. The number of nitrogens with zero attached hydrogens (tertiary/aromatic N) is 3. The van der Waals surface area contributed by atoms with Gasteiger partial charge >= 0.3 is 0 Å². The molecule has 3 aromatic rings. The number of hydrogen-bond acceptors (Lipinski definition) is 5. The highest BCUT2D eigenvalue weighted by atomic mass is 35.5. The fourth-order valence-corrected chi connectivity index (χ4v) is 2.67. The van der Waals surface area contributed by atoms with Crippen LogP contribution in [0.5, 0.6) is 0 Å². The van der Waals surface area contributed by atoms with Gasteiger partial charge in [0.1, 0.15) is 5.82 Å². The molecule has 0 spiro atoms. The van der Waals surface area contributed by atoms with Gasteiger partial charge in [-0.3, -0.25) is 9.59 Å². The first-order valence-electron chi connectivity index (χ1n) is 7.87. The lowest BCUT2D eigenvalue weighted by Crippen LogP contribution is -2.26. The number of amides is 1. The Labute approximate surface area is 154 Å². The van der Waals surface area contributed by atoms with Crippen LogP contribution < -0.4 is 16.6 Å². The summed E-state index contributed by atoms with van der Waals surface area (Å²) >= 11 is 6.19. The molecule has 0 aliphatic carbocycles. The average Bonchev–Trinajstić information content (AvgIpc) is 3.01. The lowest BCUT2D eigenvalue weighted by atomic mass is 10.3. The molecule has 1 aromatic carbocycles. The van der Waals surface area contributed by atoms with Crippen LogP contribution in [0.2, 0.25) is 5.02 Å². The highest BCUT2D eigenvalue weighted by Crippen LogP contribution is 2.21. The lowest BCUT2D eigenvalue weighted by Gasteiger charge is -2.06. The number of carbonyl (C=O) groups excluding carboxylic acids is 1. The summed E-state index contributed by atoms with van der Waals surface area (Å²) in [7, 11) is 0. The van der Waals surface area contributed by atoms with Gasteiger partial charge in [-0.15, -0.1) is 0 Å². The monoisotopic (exact) mass is 372 g/mol. The minimum Gasteiger partial charge on any atom is -0.343 e. The van der Waals surface area contributed by atoms with Crippen molar-refractivity contribution in [2.24, 2.45) is 5.73 Å². The number of aromatic amines is 1. The Morgan fingerprint density at radius 3 is 2.85 bits per heavy atom. The number of nitrogens with one attached hydrogen (secondary N) is 2. The van der Waals surface area contributed by atoms with Gasteiger partial charge in [0.25, 0.3) is 11.5 Å². The molecular formula is C17H17ClN6O2. The van der Waals surface area contributed by atoms with E-state index in [9.17, 15) is 9.59 Å². The molecule has 0 aliphatic rings. The van der Waals surface area contributed by atoms with Crippen LogP contribution >= 0.6 is 11.6 Å². The van der Waals surface area contributed by atoms with Crippen LogP contribution in [0.1, 0.15) is 27.7 Å². The summed E-state index contributed by atoms with van der Waals surface area (Å²) in [5.74, 6) is -0.0618. The van der Waals surface area contributed by atoms with Gasteiger partial charge in [-0.25, -0.2) is 9.67 Å². The summed E-state index contributed by atoms with van der Waals surface area (Å²) in [6, 6.07) is 10.2. The third-order valence-electron chi connectivity index (χ3n) is 3.67. The van der Waals surface area contributed by atoms with Crippen molar-refractivity contribution in [3.8, 4) is 5.69 Å². The van der Waals surface area contributed by atoms with E-state index in [-0.39, 0.29) is 30.2 Å². The molecule has 9 heteroatoms. The van der Waals surface area contributed by atoms with Crippen molar-refractivity contribution in [3.05, 3.63) is 74.7 Å². The first-order valence-corrected chi connectivity index (χ1v) is 8.24. The van der Waals surface area contributed by atoms with Crippen LogP contribution in [0.25, 0.3) is 5.69 Å². The van der Waals surface area contributed by atoms with E-state index in [4.69, 9.17) is 17.3 Å². The highest BCUT2D eigenvalue weighted by molar-refractivity contribution is 6.32. The molecule has 134 valence electrons. The topological polar surface area (TPSA) is 119 Å². The second-order valence-corrected chi connectivity index (χ2v) is 6.01. The Balaban J connectivity index is 1.77. The third kappa shape index (κ3) is 3.81. The fraction of sp³-hybridized carbons (Fsp3) is 0.176. The number of rotatable bonds is 5.